The highest BCUT2D eigenvalue weighted by Gasteiger charge is 2.04. The fourth-order valence-corrected chi connectivity index (χ4v) is 2.19. The first kappa shape index (κ1) is 13.9. The van der Waals surface area contributed by atoms with E-state index < -0.39 is 0 Å². The highest BCUT2D eigenvalue weighted by atomic mass is 16.5. The predicted molar refractivity (Wildman–Crippen MR) is 83.3 cm³/mol. The molecular weight excluding hydrogens is 274 g/mol. The van der Waals surface area contributed by atoms with Gasteiger partial charge in [-0.15, -0.1) is 0 Å². The normalized spacial score (nSPS) is 10.1. The topological polar surface area (TPSA) is 50.8 Å². The summed E-state index contributed by atoms with van der Waals surface area (Å²) in [5.74, 6) is 0.862. The van der Waals surface area contributed by atoms with E-state index in [1.807, 2.05) is 47.2 Å². The monoisotopic (exact) mass is 289 g/mol. The average molecular weight is 289 g/mol. The fraction of sp³-hybridized carbons (Fsp3) is 0.111. The molecule has 4 heteroatoms. The number of nitrogens with zero attached hydrogens (tertiary/aromatic N) is 3. The third kappa shape index (κ3) is 3.33. The number of aromatic nitrogens is 2. The second kappa shape index (κ2) is 6.59. The van der Waals surface area contributed by atoms with Crippen molar-refractivity contribution in [2.24, 2.45) is 0 Å². The molecule has 2 aromatic carbocycles. The van der Waals surface area contributed by atoms with E-state index in [4.69, 9.17) is 10.00 Å². The van der Waals surface area contributed by atoms with Crippen LogP contribution in [-0.2, 0) is 13.2 Å². The average Bonchev–Trinajstić information content (AvgIpc) is 3.07. The van der Waals surface area contributed by atoms with Gasteiger partial charge in [-0.25, -0.2) is 4.98 Å². The van der Waals surface area contributed by atoms with Crippen molar-refractivity contribution in [2.45, 2.75) is 13.2 Å². The summed E-state index contributed by atoms with van der Waals surface area (Å²) in [5.41, 5.74) is 2.80. The fourth-order valence-electron chi connectivity index (χ4n) is 2.19. The smallest absolute Gasteiger partial charge is 0.124 e. The summed E-state index contributed by atoms with van der Waals surface area (Å²) in [6, 6.07) is 17.5. The van der Waals surface area contributed by atoms with Crippen LogP contribution in [0.1, 0.15) is 16.7 Å². The van der Waals surface area contributed by atoms with Crippen molar-refractivity contribution in [2.75, 3.05) is 0 Å². The van der Waals surface area contributed by atoms with Gasteiger partial charge in [0.15, 0.2) is 0 Å². The molecule has 0 saturated carbocycles. The standard InChI is InChI=1S/C18H15N3O/c19-11-15-5-7-16(8-6-15)13-22-18-4-2-1-3-17(18)12-21-10-9-20-14-21/h1-10,14H,12-13H2. The third-order valence-electron chi connectivity index (χ3n) is 3.36. The summed E-state index contributed by atoms with van der Waals surface area (Å²) >= 11 is 0. The van der Waals surface area contributed by atoms with Crippen molar-refractivity contribution in [3.63, 3.8) is 0 Å². The van der Waals surface area contributed by atoms with Crippen LogP contribution in [0.15, 0.2) is 67.3 Å². The summed E-state index contributed by atoms with van der Waals surface area (Å²) in [5, 5.41) is 8.81. The van der Waals surface area contributed by atoms with E-state index in [1.165, 1.54) is 0 Å². The van der Waals surface area contributed by atoms with Crippen molar-refractivity contribution in [3.05, 3.63) is 83.9 Å². The molecule has 4 nitrogen and oxygen atoms in total. The summed E-state index contributed by atoms with van der Waals surface area (Å²) in [6.07, 6.45) is 5.48. The Balaban J connectivity index is 1.70. The zero-order valence-corrected chi connectivity index (χ0v) is 12.0. The first-order valence-corrected chi connectivity index (χ1v) is 7.00. The minimum absolute atomic E-state index is 0.479. The molecule has 0 bridgehead atoms. The SMILES string of the molecule is N#Cc1ccc(COc2ccccc2Cn2ccnc2)cc1. The molecule has 0 spiro atoms. The van der Waals surface area contributed by atoms with Crippen molar-refractivity contribution in [1.82, 2.24) is 9.55 Å². The van der Waals surface area contributed by atoms with Gasteiger partial charge in [-0.05, 0) is 23.8 Å². The highest BCUT2D eigenvalue weighted by molar-refractivity contribution is 5.35. The van der Waals surface area contributed by atoms with E-state index in [-0.39, 0.29) is 0 Å². The van der Waals surface area contributed by atoms with Crippen LogP contribution in [0.3, 0.4) is 0 Å². The first-order valence-electron chi connectivity index (χ1n) is 7.00. The van der Waals surface area contributed by atoms with Gasteiger partial charge in [-0.1, -0.05) is 30.3 Å². The van der Waals surface area contributed by atoms with Crippen LogP contribution < -0.4 is 4.74 Å². The Morgan fingerprint density at radius 1 is 1.09 bits per heavy atom. The van der Waals surface area contributed by atoms with E-state index in [0.29, 0.717) is 12.2 Å². The molecule has 1 aromatic heterocycles. The number of imidazole rings is 1. The maximum atomic E-state index is 8.81. The Kier molecular flexibility index (Phi) is 4.17. The van der Waals surface area contributed by atoms with Crippen LogP contribution in [0.2, 0.25) is 0 Å². The van der Waals surface area contributed by atoms with Crippen LogP contribution in [0.4, 0.5) is 0 Å². The Bertz CT molecular complexity index is 771. The van der Waals surface area contributed by atoms with Gasteiger partial charge in [-0.2, -0.15) is 5.26 Å². The molecule has 0 radical (unpaired) electrons. The van der Waals surface area contributed by atoms with E-state index >= 15 is 0 Å². The van der Waals surface area contributed by atoms with Crippen molar-refractivity contribution in [1.29, 1.82) is 5.26 Å². The van der Waals surface area contributed by atoms with Gasteiger partial charge in [0.2, 0.25) is 0 Å². The van der Waals surface area contributed by atoms with Gasteiger partial charge >= 0.3 is 0 Å². The number of ether oxygens (including phenoxy) is 1. The van der Waals surface area contributed by atoms with E-state index in [0.717, 1.165) is 23.4 Å². The maximum Gasteiger partial charge on any atom is 0.124 e. The lowest BCUT2D eigenvalue weighted by molar-refractivity contribution is 0.302. The van der Waals surface area contributed by atoms with E-state index in [9.17, 15) is 0 Å². The molecule has 3 rings (SSSR count). The summed E-state index contributed by atoms with van der Waals surface area (Å²) in [6.45, 7) is 1.20. The Morgan fingerprint density at radius 2 is 1.91 bits per heavy atom. The molecule has 0 unspecified atom stereocenters. The molecule has 0 aliphatic rings. The maximum absolute atomic E-state index is 8.81. The zero-order chi connectivity index (χ0) is 15.2. The second-order valence-electron chi connectivity index (χ2n) is 4.94. The first-order chi connectivity index (χ1) is 10.8. The number of hydrogen-bond acceptors (Lipinski definition) is 3. The van der Waals surface area contributed by atoms with Crippen LogP contribution in [0.25, 0.3) is 0 Å². The lowest BCUT2D eigenvalue weighted by Crippen LogP contribution is -2.02. The van der Waals surface area contributed by atoms with Gasteiger partial charge in [-0.3, -0.25) is 0 Å². The molecule has 0 atom stereocenters. The number of para-hydroxylation sites is 1. The van der Waals surface area contributed by atoms with Gasteiger partial charge in [0.1, 0.15) is 12.4 Å². The summed E-state index contributed by atoms with van der Waals surface area (Å²) in [4.78, 5) is 4.05. The zero-order valence-electron chi connectivity index (χ0n) is 12.0. The van der Waals surface area contributed by atoms with Gasteiger partial charge in [0.05, 0.1) is 24.5 Å². The van der Waals surface area contributed by atoms with Crippen molar-refractivity contribution in [3.8, 4) is 11.8 Å². The van der Waals surface area contributed by atoms with Crippen molar-refractivity contribution >= 4 is 0 Å². The number of nitriles is 1. The summed E-state index contributed by atoms with van der Waals surface area (Å²) < 4.78 is 7.93. The molecule has 0 aliphatic heterocycles. The minimum Gasteiger partial charge on any atom is -0.489 e. The lowest BCUT2D eigenvalue weighted by Gasteiger charge is -2.12. The van der Waals surface area contributed by atoms with Crippen LogP contribution in [0.5, 0.6) is 5.75 Å². The quantitative estimate of drug-likeness (QED) is 0.723. The number of hydrogen-bond donors (Lipinski definition) is 0. The third-order valence-corrected chi connectivity index (χ3v) is 3.36. The van der Waals surface area contributed by atoms with Gasteiger partial charge in [0, 0.05) is 18.0 Å². The molecule has 22 heavy (non-hydrogen) atoms. The molecule has 1 heterocycles. The molecule has 108 valence electrons. The van der Waals surface area contributed by atoms with Crippen LogP contribution in [-0.4, -0.2) is 9.55 Å². The van der Waals surface area contributed by atoms with Crippen LogP contribution >= 0.6 is 0 Å². The number of benzene rings is 2. The number of rotatable bonds is 5. The molecule has 0 N–H and O–H groups in total. The largest absolute Gasteiger partial charge is 0.489 e. The Hall–Kier alpha value is -3.06. The van der Waals surface area contributed by atoms with Crippen LogP contribution in [0, 0.1) is 11.3 Å². The molecule has 0 amide bonds. The highest BCUT2D eigenvalue weighted by Crippen LogP contribution is 2.20. The molecular formula is C18H15N3O. The summed E-state index contributed by atoms with van der Waals surface area (Å²) in [7, 11) is 0. The van der Waals surface area contributed by atoms with Crippen molar-refractivity contribution < 1.29 is 4.74 Å². The second-order valence-corrected chi connectivity index (χ2v) is 4.94. The Labute approximate surface area is 129 Å². The van der Waals surface area contributed by atoms with E-state index in [2.05, 4.69) is 11.1 Å². The lowest BCUT2D eigenvalue weighted by atomic mass is 10.1. The van der Waals surface area contributed by atoms with E-state index in [1.54, 1.807) is 24.7 Å². The minimum atomic E-state index is 0.479. The molecule has 0 aliphatic carbocycles. The van der Waals surface area contributed by atoms with Gasteiger partial charge in [0.25, 0.3) is 0 Å². The molecule has 0 fully saturated rings. The predicted octanol–water partition coefficient (Wildman–Crippen LogP) is 3.38. The molecule has 0 saturated heterocycles. The Morgan fingerprint density at radius 3 is 2.64 bits per heavy atom. The van der Waals surface area contributed by atoms with Gasteiger partial charge < -0.3 is 9.30 Å². The molecule has 3 aromatic rings.